The zero-order chi connectivity index (χ0) is 44.4. The van der Waals surface area contributed by atoms with E-state index in [1.807, 2.05) is 0 Å². The molecule has 0 rings (SSSR count). The highest BCUT2D eigenvalue weighted by atomic mass is 16.6. The average molecular weight is 863 g/mol. The fourth-order valence-electron chi connectivity index (χ4n) is 8.45. The van der Waals surface area contributed by atoms with Crippen LogP contribution in [0, 0.1) is 0 Å². The number of rotatable bonds is 51. The van der Waals surface area contributed by atoms with Crippen LogP contribution in [0.25, 0.3) is 0 Å². The van der Waals surface area contributed by atoms with Crippen molar-refractivity contribution in [3.63, 3.8) is 0 Å². The van der Waals surface area contributed by atoms with Crippen LogP contribution >= 0.6 is 0 Å². The van der Waals surface area contributed by atoms with Crippen molar-refractivity contribution >= 4 is 17.9 Å². The van der Waals surface area contributed by atoms with E-state index in [-0.39, 0.29) is 31.1 Å². The SMILES string of the molecule is CCCCCCCCCCCCCCCCCCC(=O)OC[C@H](COC(=O)CCCCCCCCCCCCCCCCC)OC(=O)CCCCCCCCCCCCCC. The Kier molecular flexibility index (Phi) is 49.7. The zero-order valence-corrected chi connectivity index (χ0v) is 41.5. The van der Waals surface area contributed by atoms with Gasteiger partial charge in [-0.05, 0) is 19.3 Å². The summed E-state index contributed by atoms with van der Waals surface area (Å²) in [6.07, 6.45) is 55.1. The molecule has 1 atom stereocenters. The van der Waals surface area contributed by atoms with Crippen molar-refractivity contribution < 1.29 is 28.6 Å². The van der Waals surface area contributed by atoms with Gasteiger partial charge >= 0.3 is 17.9 Å². The van der Waals surface area contributed by atoms with Crippen molar-refractivity contribution in [2.75, 3.05) is 13.2 Å². The van der Waals surface area contributed by atoms with Gasteiger partial charge in [0.05, 0.1) is 0 Å². The largest absolute Gasteiger partial charge is 0.462 e. The summed E-state index contributed by atoms with van der Waals surface area (Å²) < 4.78 is 16.8. The first-order valence-electron chi connectivity index (χ1n) is 27.5. The highest BCUT2D eigenvalue weighted by Gasteiger charge is 2.19. The van der Waals surface area contributed by atoms with Gasteiger partial charge in [-0.2, -0.15) is 0 Å². The van der Waals surface area contributed by atoms with Crippen LogP contribution in [0.4, 0.5) is 0 Å². The van der Waals surface area contributed by atoms with Crippen LogP contribution in [0.5, 0.6) is 0 Å². The first-order chi connectivity index (χ1) is 30.0. The maximum absolute atomic E-state index is 12.8. The van der Waals surface area contributed by atoms with Gasteiger partial charge < -0.3 is 14.2 Å². The lowest BCUT2D eigenvalue weighted by Gasteiger charge is -2.18. The first kappa shape index (κ1) is 59.4. The number of unbranched alkanes of at least 4 members (excludes halogenated alkanes) is 40. The van der Waals surface area contributed by atoms with Crippen molar-refractivity contribution in [2.24, 2.45) is 0 Å². The Hall–Kier alpha value is -1.59. The van der Waals surface area contributed by atoms with Crippen LogP contribution in [0.3, 0.4) is 0 Å². The van der Waals surface area contributed by atoms with Gasteiger partial charge in [-0.25, -0.2) is 0 Å². The van der Waals surface area contributed by atoms with Crippen molar-refractivity contribution in [2.45, 2.75) is 322 Å². The minimum atomic E-state index is -0.760. The monoisotopic (exact) mass is 863 g/mol. The Morgan fingerprint density at radius 2 is 0.443 bits per heavy atom. The Morgan fingerprint density at radius 1 is 0.262 bits per heavy atom. The van der Waals surface area contributed by atoms with Gasteiger partial charge in [-0.15, -0.1) is 0 Å². The third-order valence-corrected chi connectivity index (χ3v) is 12.6. The maximum atomic E-state index is 12.8. The molecule has 0 aliphatic heterocycles. The second-order valence-corrected chi connectivity index (χ2v) is 18.9. The molecule has 0 heterocycles. The van der Waals surface area contributed by atoms with Crippen LogP contribution < -0.4 is 0 Å². The van der Waals surface area contributed by atoms with Crippen molar-refractivity contribution in [1.29, 1.82) is 0 Å². The summed E-state index contributed by atoms with van der Waals surface area (Å²) in [5, 5.41) is 0. The summed E-state index contributed by atoms with van der Waals surface area (Å²) in [5.41, 5.74) is 0. The predicted octanol–water partition coefficient (Wildman–Crippen LogP) is 18.0. The molecule has 0 aliphatic carbocycles. The van der Waals surface area contributed by atoms with Gasteiger partial charge in [-0.3, -0.25) is 14.4 Å². The molecule has 6 nitrogen and oxygen atoms in total. The Labute approximate surface area is 380 Å². The highest BCUT2D eigenvalue weighted by Crippen LogP contribution is 2.17. The second kappa shape index (κ2) is 51.0. The molecule has 0 aromatic carbocycles. The van der Waals surface area contributed by atoms with E-state index in [4.69, 9.17) is 14.2 Å². The molecule has 0 spiro atoms. The highest BCUT2D eigenvalue weighted by molar-refractivity contribution is 5.71. The van der Waals surface area contributed by atoms with E-state index in [9.17, 15) is 14.4 Å². The van der Waals surface area contributed by atoms with Gasteiger partial charge in [0.15, 0.2) is 6.10 Å². The zero-order valence-electron chi connectivity index (χ0n) is 41.5. The smallest absolute Gasteiger partial charge is 0.306 e. The van der Waals surface area contributed by atoms with Gasteiger partial charge in [0, 0.05) is 19.3 Å². The molecule has 0 radical (unpaired) electrons. The molecule has 362 valence electrons. The summed E-state index contributed by atoms with van der Waals surface area (Å²) in [4.78, 5) is 38.0. The van der Waals surface area contributed by atoms with E-state index < -0.39 is 6.10 Å². The molecule has 61 heavy (non-hydrogen) atoms. The van der Waals surface area contributed by atoms with E-state index in [0.29, 0.717) is 19.3 Å². The lowest BCUT2D eigenvalue weighted by Crippen LogP contribution is -2.30. The number of hydrogen-bond donors (Lipinski definition) is 0. The quantitative estimate of drug-likeness (QED) is 0.0344. The first-order valence-corrected chi connectivity index (χ1v) is 27.5. The standard InChI is InChI=1S/C55H106O6/c1-4-7-10-13-16-19-22-25-27-29-31-34-36-39-42-45-48-54(57)60-51-52(61-55(58)49-46-43-40-37-32-24-21-18-15-12-9-6-3)50-59-53(56)47-44-41-38-35-33-30-28-26-23-20-17-14-11-8-5-2/h52H,4-51H2,1-3H3/t52-/m0/s1. The molecule has 0 unspecified atom stereocenters. The van der Waals surface area contributed by atoms with Crippen LogP contribution in [0.15, 0.2) is 0 Å². The molecule has 0 amide bonds. The summed E-state index contributed by atoms with van der Waals surface area (Å²) in [6.45, 7) is 6.69. The molecule has 6 heteroatoms. The van der Waals surface area contributed by atoms with E-state index in [2.05, 4.69) is 20.8 Å². The molecular formula is C55H106O6. The van der Waals surface area contributed by atoms with E-state index in [0.717, 1.165) is 57.8 Å². The third kappa shape index (κ3) is 49.3. The van der Waals surface area contributed by atoms with E-state index in [1.165, 1.54) is 218 Å². The van der Waals surface area contributed by atoms with Crippen molar-refractivity contribution in [1.82, 2.24) is 0 Å². The average Bonchev–Trinajstić information content (AvgIpc) is 3.26. The molecule has 0 N–H and O–H groups in total. The number of carbonyl (C=O) groups excluding carboxylic acids is 3. The normalized spacial score (nSPS) is 11.9. The summed E-state index contributed by atoms with van der Waals surface area (Å²) in [5.74, 6) is -0.836. The van der Waals surface area contributed by atoms with Gasteiger partial charge in [-0.1, -0.05) is 278 Å². The number of carbonyl (C=O) groups is 3. The molecule has 0 aliphatic rings. The Balaban J connectivity index is 4.27. The molecule has 0 aromatic heterocycles. The van der Waals surface area contributed by atoms with Crippen LogP contribution in [-0.4, -0.2) is 37.2 Å². The van der Waals surface area contributed by atoms with Crippen LogP contribution in [0.2, 0.25) is 0 Å². The maximum Gasteiger partial charge on any atom is 0.306 e. The van der Waals surface area contributed by atoms with Crippen molar-refractivity contribution in [3.05, 3.63) is 0 Å². The van der Waals surface area contributed by atoms with Crippen LogP contribution in [0.1, 0.15) is 316 Å². The minimum Gasteiger partial charge on any atom is -0.462 e. The number of esters is 3. The van der Waals surface area contributed by atoms with Gasteiger partial charge in [0.1, 0.15) is 13.2 Å². The molecular weight excluding hydrogens is 757 g/mol. The molecule has 0 bridgehead atoms. The lowest BCUT2D eigenvalue weighted by atomic mass is 10.0. The Morgan fingerprint density at radius 3 is 0.656 bits per heavy atom. The predicted molar refractivity (Wildman–Crippen MR) is 261 cm³/mol. The summed E-state index contributed by atoms with van der Waals surface area (Å²) in [7, 11) is 0. The minimum absolute atomic E-state index is 0.0614. The van der Waals surface area contributed by atoms with Crippen LogP contribution in [-0.2, 0) is 28.6 Å². The molecule has 0 saturated heterocycles. The van der Waals surface area contributed by atoms with E-state index >= 15 is 0 Å². The Bertz CT molecular complexity index is 905. The second-order valence-electron chi connectivity index (χ2n) is 18.9. The summed E-state index contributed by atoms with van der Waals surface area (Å²) in [6, 6.07) is 0. The number of ether oxygens (including phenoxy) is 3. The third-order valence-electron chi connectivity index (χ3n) is 12.6. The molecule has 0 aromatic rings. The topological polar surface area (TPSA) is 78.9 Å². The van der Waals surface area contributed by atoms with Crippen molar-refractivity contribution in [3.8, 4) is 0 Å². The van der Waals surface area contributed by atoms with Gasteiger partial charge in [0.25, 0.3) is 0 Å². The molecule has 0 fully saturated rings. The fourth-order valence-corrected chi connectivity index (χ4v) is 8.45. The number of hydrogen-bond acceptors (Lipinski definition) is 6. The fraction of sp³-hybridized carbons (Fsp3) is 0.945. The molecule has 0 saturated carbocycles. The van der Waals surface area contributed by atoms with E-state index in [1.54, 1.807) is 0 Å². The van der Waals surface area contributed by atoms with Gasteiger partial charge in [0.2, 0.25) is 0 Å². The lowest BCUT2D eigenvalue weighted by molar-refractivity contribution is -0.167. The summed E-state index contributed by atoms with van der Waals surface area (Å²) >= 11 is 0.